The van der Waals surface area contributed by atoms with Gasteiger partial charge in [-0.2, -0.15) is 21.6 Å². The van der Waals surface area contributed by atoms with E-state index in [1.165, 1.54) is 4.90 Å². The zero-order chi connectivity index (χ0) is 21.6. The van der Waals surface area contributed by atoms with Crippen molar-refractivity contribution >= 4 is 27.7 Å². The van der Waals surface area contributed by atoms with E-state index >= 15 is 0 Å². The maximum Gasteiger partial charge on any atom is 0.534 e. The first-order valence-electron chi connectivity index (χ1n) is 7.92. The molecule has 1 atom stereocenters. The molecule has 0 radical (unpaired) electrons. The molecule has 0 aromatic heterocycles. The van der Waals surface area contributed by atoms with Crippen LogP contribution in [0.3, 0.4) is 0 Å². The molecule has 0 aliphatic carbocycles. The fraction of sp³-hybridized carbons (Fsp3) is 0.333. The highest BCUT2D eigenvalue weighted by atomic mass is 32.2. The Hall–Kier alpha value is -3.16. The third-order valence-corrected chi connectivity index (χ3v) is 5.29. The van der Waals surface area contributed by atoms with Crippen molar-refractivity contribution in [3.05, 3.63) is 51.4 Å². The van der Waals surface area contributed by atoms with Gasteiger partial charge in [-0.15, -0.1) is 0 Å². The molecule has 1 fully saturated rings. The molecule has 2 aliphatic heterocycles. The van der Waals surface area contributed by atoms with Gasteiger partial charge in [-0.05, 0) is 18.6 Å². The van der Waals surface area contributed by atoms with Crippen LogP contribution in [0.25, 0.3) is 0 Å². The van der Waals surface area contributed by atoms with E-state index < -0.39 is 50.0 Å². The van der Waals surface area contributed by atoms with E-state index in [9.17, 15) is 41.3 Å². The first-order chi connectivity index (χ1) is 13.4. The second-order valence-corrected chi connectivity index (χ2v) is 7.61. The number of nitro groups is 1. The van der Waals surface area contributed by atoms with Crippen molar-refractivity contribution in [1.82, 2.24) is 4.90 Å². The van der Waals surface area contributed by atoms with Gasteiger partial charge in [-0.3, -0.25) is 10.1 Å². The summed E-state index contributed by atoms with van der Waals surface area (Å²) in [6.07, 6.45) is 0.206. The summed E-state index contributed by atoms with van der Waals surface area (Å²) in [5, 5.41) is 10.6. The van der Waals surface area contributed by atoms with Crippen molar-refractivity contribution in [3.8, 4) is 0 Å². The van der Waals surface area contributed by atoms with Gasteiger partial charge >= 0.3 is 27.6 Å². The highest BCUT2D eigenvalue weighted by Crippen LogP contribution is 2.40. The summed E-state index contributed by atoms with van der Waals surface area (Å²) in [7, 11) is -6.00. The summed E-state index contributed by atoms with van der Waals surface area (Å²) in [6, 6.07) is 3.59. The molecule has 0 amide bonds. The van der Waals surface area contributed by atoms with E-state index in [0.29, 0.717) is 6.42 Å². The predicted octanol–water partition coefficient (Wildman–Crippen LogP) is 1.83. The normalized spacial score (nSPS) is 18.7. The Morgan fingerprint density at radius 3 is 2.28 bits per heavy atom. The molecule has 14 heteroatoms. The number of rotatable bonds is 5. The summed E-state index contributed by atoms with van der Waals surface area (Å²) in [5.74, 6) is -3.37. The van der Waals surface area contributed by atoms with E-state index in [-0.39, 0.29) is 24.2 Å². The molecule has 1 unspecified atom stereocenters. The molecule has 156 valence electrons. The van der Waals surface area contributed by atoms with Gasteiger partial charge in [0.1, 0.15) is 0 Å². The quantitative estimate of drug-likeness (QED) is 0.169. The van der Waals surface area contributed by atoms with Crippen LogP contribution in [-0.4, -0.2) is 48.3 Å². The molecule has 0 N–H and O–H groups in total. The topological polar surface area (TPSA) is 133 Å². The van der Waals surface area contributed by atoms with Crippen LogP contribution in [0.1, 0.15) is 23.2 Å². The minimum atomic E-state index is -6.00. The van der Waals surface area contributed by atoms with Crippen molar-refractivity contribution in [2.24, 2.45) is 0 Å². The number of fused-ring (bicyclic) bond motifs is 1. The summed E-state index contributed by atoms with van der Waals surface area (Å²) < 4.78 is 69.0. The fourth-order valence-corrected chi connectivity index (χ4v) is 3.32. The predicted molar refractivity (Wildman–Crippen MR) is 86.3 cm³/mol. The van der Waals surface area contributed by atoms with Gasteiger partial charge in [0, 0.05) is 31.1 Å². The van der Waals surface area contributed by atoms with Gasteiger partial charge in [0.05, 0.1) is 10.5 Å². The van der Waals surface area contributed by atoms with Crippen LogP contribution in [0.4, 0.5) is 18.9 Å². The van der Waals surface area contributed by atoms with Crippen LogP contribution in [0.15, 0.2) is 35.7 Å². The van der Waals surface area contributed by atoms with Crippen molar-refractivity contribution in [3.63, 3.8) is 0 Å². The Kier molecular flexibility index (Phi) is 4.98. The molecule has 0 saturated carbocycles. The van der Waals surface area contributed by atoms with E-state index in [2.05, 4.69) is 8.92 Å². The van der Waals surface area contributed by atoms with Gasteiger partial charge in [0.15, 0.2) is 11.5 Å². The van der Waals surface area contributed by atoms with Crippen LogP contribution in [-0.2, 0) is 23.8 Å². The third kappa shape index (κ3) is 3.87. The average Bonchev–Trinajstić information content (AvgIpc) is 2.84. The number of ether oxygens (including phenoxy) is 1. The Bertz CT molecular complexity index is 1020. The number of nitrogens with zero attached hydrogens (tertiary/aromatic N) is 2. The molecule has 1 saturated heterocycles. The molecule has 2 heterocycles. The molecule has 0 bridgehead atoms. The number of esters is 2. The number of alkyl halides is 3. The van der Waals surface area contributed by atoms with E-state index in [1.807, 2.05) is 0 Å². The number of nitro benzene ring substituents is 1. The van der Waals surface area contributed by atoms with Crippen LogP contribution < -0.4 is 0 Å². The molecule has 0 spiro atoms. The summed E-state index contributed by atoms with van der Waals surface area (Å²) in [5.41, 5.74) is -6.82. The smallest absolute Gasteiger partial charge is 0.385 e. The lowest BCUT2D eigenvalue weighted by atomic mass is 10.0. The average molecular weight is 436 g/mol. The van der Waals surface area contributed by atoms with Crippen LogP contribution in [0, 0.1) is 10.1 Å². The molecule has 1 aromatic rings. The second-order valence-electron chi connectivity index (χ2n) is 6.08. The molecule has 3 rings (SSSR count). The van der Waals surface area contributed by atoms with Gasteiger partial charge in [-0.1, -0.05) is 0 Å². The van der Waals surface area contributed by atoms with Gasteiger partial charge in [-0.25, -0.2) is 9.59 Å². The fourth-order valence-electron chi connectivity index (χ4n) is 2.81. The standard InChI is InChI=1S/C15H11F3N2O8S/c16-15(17,18)29(25,26)28-11-7-10-5-6-19(10)12(11)14(22)27-13(21)8-1-3-9(4-2-8)20(23)24/h1-4,10H,5-7H2. The van der Waals surface area contributed by atoms with E-state index in [0.717, 1.165) is 24.3 Å². The highest BCUT2D eigenvalue weighted by Gasteiger charge is 2.52. The maximum atomic E-state index is 12.6. The Morgan fingerprint density at radius 2 is 1.79 bits per heavy atom. The first-order valence-corrected chi connectivity index (χ1v) is 9.33. The summed E-state index contributed by atoms with van der Waals surface area (Å²) >= 11 is 0. The summed E-state index contributed by atoms with van der Waals surface area (Å²) in [4.78, 5) is 35.6. The Morgan fingerprint density at radius 1 is 1.17 bits per heavy atom. The molecule has 29 heavy (non-hydrogen) atoms. The highest BCUT2D eigenvalue weighted by molar-refractivity contribution is 7.87. The number of non-ortho nitro benzene ring substituents is 1. The Labute approximate surface area is 160 Å². The van der Waals surface area contributed by atoms with Gasteiger partial charge in [0.25, 0.3) is 5.69 Å². The maximum absolute atomic E-state index is 12.6. The van der Waals surface area contributed by atoms with Crippen molar-refractivity contribution in [1.29, 1.82) is 0 Å². The molecule has 1 aromatic carbocycles. The van der Waals surface area contributed by atoms with Crippen LogP contribution in [0.5, 0.6) is 0 Å². The summed E-state index contributed by atoms with van der Waals surface area (Å²) in [6.45, 7) is 0.236. The lowest BCUT2D eigenvalue weighted by Gasteiger charge is -2.37. The zero-order valence-corrected chi connectivity index (χ0v) is 15.0. The van der Waals surface area contributed by atoms with Crippen molar-refractivity contribution in [2.45, 2.75) is 24.4 Å². The van der Waals surface area contributed by atoms with E-state index in [1.54, 1.807) is 0 Å². The van der Waals surface area contributed by atoms with E-state index in [4.69, 9.17) is 0 Å². The second kappa shape index (κ2) is 7.02. The number of halogens is 3. The van der Waals surface area contributed by atoms with Crippen LogP contribution in [0.2, 0.25) is 0 Å². The number of benzene rings is 1. The SMILES string of the molecule is O=C(OC(=O)c1ccc([N+](=O)[O-])cc1)C1=C(OS(=O)(=O)C(F)(F)F)CC2CCN12. The van der Waals surface area contributed by atoms with Crippen molar-refractivity contribution < 1.29 is 45.0 Å². The minimum absolute atomic E-state index is 0.229. The van der Waals surface area contributed by atoms with Gasteiger partial charge < -0.3 is 13.8 Å². The molecular formula is C15H11F3N2O8S. The molecule has 2 aliphatic rings. The number of carbonyl (C=O) groups is 2. The lowest BCUT2D eigenvalue weighted by Crippen LogP contribution is -2.44. The number of hydrogen-bond donors (Lipinski definition) is 0. The largest absolute Gasteiger partial charge is 0.534 e. The third-order valence-electron chi connectivity index (χ3n) is 4.30. The molecule has 10 nitrogen and oxygen atoms in total. The monoisotopic (exact) mass is 436 g/mol. The minimum Gasteiger partial charge on any atom is -0.385 e. The van der Waals surface area contributed by atoms with Crippen molar-refractivity contribution in [2.75, 3.05) is 6.54 Å². The molecular weight excluding hydrogens is 425 g/mol. The van der Waals surface area contributed by atoms with Crippen LogP contribution >= 0.6 is 0 Å². The number of hydrogen-bond acceptors (Lipinski definition) is 9. The number of carbonyl (C=O) groups excluding carboxylic acids is 2. The lowest BCUT2D eigenvalue weighted by molar-refractivity contribution is -0.384. The Balaban J connectivity index is 1.81. The zero-order valence-electron chi connectivity index (χ0n) is 14.2. The van der Waals surface area contributed by atoms with Gasteiger partial charge in [0.2, 0.25) is 0 Å². The first kappa shape index (κ1) is 20.6.